The van der Waals surface area contributed by atoms with Crippen LogP contribution in [-0.4, -0.2) is 12.6 Å². The molecule has 1 heteroatoms. The van der Waals surface area contributed by atoms with Crippen LogP contribution in [0.25, 0.3) is 0 Å². The van der Waals surface area contributed by atoms with E-state index < -0.39 is 0 Å². The second-order valence-corrected chi connectivity index (χ2v) is 6.85. The molecule has 0 aromatic rings. The molecule has 0 bridgehead atoms. The summed E-state index contributed by atoms with van der Waals surface area (Å²) in [6.45, 7) is 8.20. The van der Waals surface area contributed by atoms with Gasteiger partial charge in [0, 0.05) is 6.04 Å². The molecule has 2 fully saturated rings. The summed E-state index contributed by atoms with van der Waals surface area (Å²) in [4.78, 5) is 0. The maximum absolute atomic E-state index is 3.80. The predicted molar refractivity (Wildman–Crippen MR) is 79.7 cm³/mol. The van der Waals surface area contributed by atoms with E-state index in [-0.39, 0.29) is 0 Å². The molecule has 0 radical (unpaired) electrons. The van der Waals surface area contributed by atoms with E-state index in [0.29, 0.717) is 0 Å². The number of hydrogen-bond donors (Lipinski definition) is 1. The van der Waals surface area contributed by atoms with E-state index in [1.807, 2.05) is 0 Å². The third-order valence-electron chi connectivity index (χ3n) is 5.78. The molecule has 2 saturated carbocycles. The van der Waals surface area contributed by atoms with Crippen molar-refractivity contribution in [2.45, 2.75) is 78.2 Å². The van der Waals surface area contributed by atoms with Gasteiger partial charge in [0.2, 0.25) is 0 Å². The van der Waals surface area contributed by atoms with E-state index in [2.05, 4.69) is 26.1 Å². The van der Waals surface area contributed by atoms with Crippen LogP contribution in [0, 0.1) is 23.7 Å². The van der Waals surface area contributed by atoms with Crippen LogP contribution < -0.4 is 5.32 Å². The topological polar surface area (TPSA) is 12.0 Å². The summed E-state index contributed by atoms with van der Waals surface area (Å²) in [7, 11) is 0. The minimum Gasteiger partial charge on any atom is -0.314 e. The fourth-order valence-electron chi connectivity index (χ4n) is 4.56. The monoisotopic (exact) mass is 251 g/mol. The van der Waals surface area contributed by atoms with Gasteiger partial charge in [-0.1, -0.05) is 52.9 Å². The Balaban J connectivity index is 1.94. The van der Waals surface area contributed by atoms with Crippen LogP contribution >= 0.6 is 0 Å². The van der Waals surface area contributed by atoms with Gasteiger partial charge in [-0.05, 0) is 49.5 Å². The Morgan fingerprint density at radius 3 is 2.39 bits per heavy atom. The highest BCUT2D eigenvalue weighted by atomic mass is 14.9. The van der Waals surface area contributed by atoms with Crippen molar-refractivity contribution in [2.24, 2.45) is 23.7 Å². The summed E-state index contributed by atoms with van der Waals surface area (Å²) in [5.74, 6) is 3.96. The van der Waals surface area contributed by atoms with Crippen molar-refractivity contribution in [1.82, 2.24) is 5.32 Å². The fourth-order valence-corrected chi connectivity index (χ4v) is 4.56. The molecule has 2 aliphatic carbocycles. The van der Waals surface area contributed by atoms with Gasteiger partial charge in [-0.15, -0.1) is 0 Å². The highest BCUT2D eigenvalue weighted by molar-refractivity contribution is 4.89. The Morgan fingerprint density at radius 1 is 1.00 bits per heavy atom. The summed E-state index contributed by atoms with van der Waals surface area (Å²) in [6, 6.07) is 0.780. The zero-order chi connectivity index (χ0) is 13.0. The Morgan fingerprint density at radius 2 is 1.72 bits per heavy atom. The van der Waals surface area contributed by atoms with Gasteiger partial charge in [-0.25, -0.2) is 0 Å². The van der Waals surface area contributed by atoms with Crippen molar-refractivity contribution in [3.63, 3.8) is 0 Å². The number of nitrogens with one attached hydrogen (secondary N) is 1. The molecule has 0 aromatic carbocycles. The summed E-state index contributed by atoms with van der Waals surface area (Å²) in [6.07, 6.45) is 11.9. The summed E-state index contributed by atoms with van der Waals surface area (Å²) >= 11 is 0. The third kappa shape index (κ3) is 3.29. The first kappa shape index (κ1) is 14.4. The highest BCUT2D eigenvalue weighted by Crippen LogP contribution is 2.44. The molecule has 0 aliphatic heterocycles. The van der Waals surface area contributed by atoms with Crippen LogP contribution in [0.3, 0.4) is 0 Å². The Labute approximate surface area is 114 Å². The quantitative estimate of drug-likeness (QED) is 0.752. The lowest BCUT2D eigenvalue weighted by atomic mass is 9.65. The maximum atomic E-state index is 3.80. The molecule has 1 N–H and O–H groups in total. The molecule has 5 unspecified atom stereocenters. The van der Waals surface area contributed by atoms with Crippen LogP contribution in [0.2, 0.25) is 0 Å². The van der Waals surface area contributed by atoms with E-state index in [4.69, 9.17) is 0 Å². The van der Waals surface area contributed by atoms with Gasteiger partial charge in [0.1, 0.15) is 0 Å². The van der Waals surface area contributed by atoms with Gasteiger partial charge in [-0.3, -0.25) is 0 Å². The normalized spacial score (nSPS) is 35.8. The average molecular weight is 251 g/mol. The SMILES string of the molecule is CCNC(C(C)CC)C1CCC2CCCCC2C1. The van der Waals surface area contributed by atoms with Crippen LogP contribution in [0.4, 0.5) is 0 Å². The molecule has 5 atom stereocenters. The molecule has 0 amide bonds. The first-order valence-electron chi connectivity index (χ1n) is 8.49. The van der Waals surface area contributed by atoms with E-state index in [9.17, 15) is 0 Å². The number of rotatable bonds is 5. The highest BCUT2D eigenvalue weighted by Gasteiger charge is 2.36. The molecule has 2 aliphatic rings. The molecule has 0 heterocycles. The molecule has 18 heavy (non-hydrogen) atoms. The number of hydrogen-bond acceptors (Lipinski definition) is 1. The molecule has 0 aromatic heterocycles. The molecule has 0 spiro atoms. The van der Waals surface area contributed by atoms with Crippen LogP contribution in [-0.2, 0) is 0 Å². The van der Waals surface area contributed by atoms with Gasteiger partial charge in [0.25, 0.3) is 0 Å². The van der Waals surface area contributed by atoms with E-state index in [1.54, 1.807) is 0 Å². The van der Waals surface area contributed by atoms with Crippen molar-refractivity contribution in [2.75, 3.05) is 6.54 Å². The summed E-state index contributed by atoms with van der Waals surface area (Å²) in [5, 5.41) is 3.80. The van der Waals surface area contributed by atoms with E-state index >= 15 is 0 Å². The van der Waals surface area contributed by atoms with Crippen molar-refractivity contribution in [3.05, 3.63) is 0 Å². The molecule has 0 saturated heterocycles. The lowest BCUT2D eigenvalue weighted by molar-refractivity contribution is 0.0951. The smallest absolute Gasteiger partial charge is 0.0121 e. The third-order valence-corrected chi connectivity index (χ3v) is 5.78. The van der Waals surface area contributed by atoms with Crippen molar-refractivity contribution < 1.29 is 0 Å². The fraction of sp³-hybridized carbons (Fsp3) is 1.00. The van der Waals surface area contributed by atoms with Crippen LogP contribution in [0.5, 0.6) is 0 Å². The molecular formula is C17H33N. The Kier molecular flexibility index (Phi) is 5.54. The minimum atomic E-state index is 0.780. The van der Waals surface area contributed by atoms with Gasteiger partial charge in [-0.2, -0.15) is 0 Å². The van der Waals surface area contributed by atoms with Crippen molar-refractivity contribution >= 4 is 0 Å². The average Bonchev–Trinajstić information content (AvgIpc) is 2.43. The maximum Gasteiger partial charge on any atom is 0.0121 e. The second-order valence-electron chi connectivity index (χ2n) is 6.85. The molecular weight excluding hydrogens is 218 g/mol. The lowest BCUT2D eigenvalue weighted by Crippen LogP contribution is -2.44. The van der Waals surface area contributed by atoms with Gasteiger partial charge < -0.3 is 5.32 Å². The van der Waals surface area contributed by atoms with Gasteiger partial charge in [0.15, 0.2) is 0 Å². The molecule has 106 valence electrons. The summed E-state index contributed by atoms with van der Waals surface area (Å²) < 4.78 is 0. The van der Waals surface area contributed by atoms with Gasteiger partial charge >= 0.3 is 0 Å². The Hall–Kier alpha value is -0.0400. The first-order valence-corrected chi connectivity index (χ1v) is 8.49. The number of fused-ring (bicyclic) bond motifs is 1. The predicted octanol–water partition coefficient (Wildman–Crippen LogP) is 4.62. The minimum absolute atomic E-state index is 0.780. The first-order chi connectivity index (χ1) is 8.76. The largest absolute Gasteiger partial charge is 0.314 e. The Bertz CT molecular complexity index is 238. The molecule has 1 nitrogen and oxygen atoms in total. The zero-order valence-corrected chi connectivity index (χ0v) is 12.8. The van der Waals surface area contributed by atoms with E-state index in [0.717, 1.165) is 36.3 Å². The van der Waals surface area contributed by atoms with Gasteiger partial charge in [0.05, 0.1) is 0 Å². The van der Waals surface area contributed by atoms with Crippen LogP contribution in [0.15, 0.2) is 0 Å². The standard InChI is InChI=1S/C17H33N/c1-4-13(3)17(18-5-2)16-11-10-14-8-6-7-9-15(14)12-16/h13-18H,4-12H2,1-3H3. The van der Waals surface area contributed by atoms with Crippen LogP contribution in [0.1, 0.15) is 72.1 Å². The molecule has 2 rings (SSSR count). The zero-order valence-electron chi connectivity index (χ0n) is 12.8. The van der Waals surface area contributed by atoms with Crippen molar-refractivity contribution in [3.8, 4) is 0 Å². The van der Waals surface area contributed by atoms with E-state index in [1.165, 1.54) is 51.4 Å². The second kappa shape index (κ2) is 6.93. The lowest BCUT2D eigenvalue weighted by Gasteiger charge is -2.43. The summed E-state index contributed by atoms with van der Waals surface area (Å²) in [5.41, 5.74) is 0. The van der Waals surface area contributed by atoms with Crippen molar-refractivity contribution in [1.29, 1.82) is 0 Å².